The second-order valence-electron chi connectivity index (χ2n) is 5.34. The maximum Gasteiger partial charge on any atom is 0.326 e. The largest absolute Gasteiger partial charge is 0.480 e. The third-order valence-electron chi connectivity index (χ3n) is 3.22. The van der Waals surface area contributed by atoms with Crippen LogP contribution in [0.5, 0.6) is 0 Å². The van der Waals surface area contributed by atoms with Crippen molar-refractivity contribution < 1.29 is 23.1 Å². The number of carboxylic acid groups (broad SMARTS) is 1. The van der Waals surface area contributed by atoms with Crippen LogP contribution in [0.25, 0.3) is 0 Å². The summed E-state index contributed by atoms with van der Waals surface area (Å²) in [5, 5.41) is 11.7. The van der Waals surface area contributed by atoms with Crippen LogP contribution in [0.15, 0.2) is 0 Å². The summed E-state index contributed by atoms with van der Waals surface area (Å²) in [6, 6.07) is -1.88. The molecule has 2 N–H and O–H groups in total. The molecule has 8 heteroatoms. The Morgan fingerprint density at radius 3 is 2.55 bits per heavy atom. The first kappa shape index (κ1) is 16.7. The topological polar surface area (TPSA) is 104 Å². The molecule has 2 unspecified atom stereocenters. The predicted octanol–water partition coefficient (Wildman–Crippen LogP) is 0.458. The zero-order valence-corrected chi connectivity index (χ0v) is 12.6. The molecule has 1 heterocycles. The number of hydrogen-bond acceptors (Lipinski definition) is 4. The Morgan fingerprint density at radius 1 is 1.35 bits per heavy atom. The lowest BCUT2D eigenvalue weighted by Gasteiger charge is -2.28. The van der Waals surface area contributed by atoms with Gasteiger partial charge < -0.3 is 15.3 Å². The highest BCUT2D eigenvalue weighted by Gasteiger charge is 2.31. The number of carbonyl (C=O) groups excluding carboxylic acids is 1. The summed E-state index contributed by atoms with van der Waals surface area (Å²) in [5.41, 5.74) is 0. The van der Waals surface area contributed by atoms with Gasteiger partial charge in [-0.2, -0.15) is 0 Å². The van der Waals surface area contributed by atoms with Gasteiger partial charge in [0.2, 0.25) is 0 Å². The molecule has 7 nitrogen and oxygen atoms in total. The van der Waals surface area contributed by atoms with Crippen LogP contribution in [-0.4, -0.2) is 61.1 Å². The second-order valence-corrected chi connectivity index (χ2v) is 7.52. The fraction of sp³-hybridized carbons (Fsp3) is 0.833. The molecule has 0 saturated carbocycles. The van der Waals surface area contributed by atoms with Crippen LogP contribution >= 0.6 is 0 Å². The molecule has 1 aliphatic rings. The first-order valence-corrected chi connectivity index (χ1v) is 8.74. The molecule has 2 atom stereocenters. The molecule has 1 rings (SSSR count). The number of carbonyl (C=O) groups is 2. The van der Waals surface area contributed by atoms with E-state index in [9.17, 15) is 23.1 Å². The van der Waals surface area contributed by atoms with Gasteiger partial charge in [-0.25, -0.2) is 18.0 Å². The van der Waals surface area contributed by atoms with Crippen molar-refractivity contribution in [2.45, 2.75) is 44.7 Å². The van der Waals surface area contributed by atoms with Gasteiger partial charge in [0, 0.05) is 18.8 Å². The van der Waals surface area contributed by atoms with Crippen LogP contribution < -0.4 is 5.32 Å². The van der Waals surface area contributed by atoms with E-state index in [1.54, 1.807) is 6.92 Å². The van der Waals surface area contributed by atoms with Crippen LogP contribution in [0.2, 0.25) is 0 Å². The third kappa shape index (κ3) is 5.36. The van der Waals surface area contributed by atoms with Gasteiger partial charge >= 0.3 is 12.0 Å². The van der Waals surface area contributed by atoms with E-state index in [1.165, 1.54) is 4.90 Å². The Kier molecular flexibility index (Phi) is 5.79. The normalized spacial score (nSPS) is 21.9. The number of carboxylic acids is 1. The summed E-state index contributed by atoms with van der Waals surface area (Å²) >= 11 is 0. The molecule has 116 valence electrons. The number of aliphatic carboxylic acids is 1. The smallest absolute Gasteiger partial charge is 0.326 e. The number of sulfone groups is 1. The molecule has 0 aromatic rings. The highest BCUT2D eigenvalue weighted by Crippen LogP contribution is 2.17. The molecule has 1 saturated heterocycles. The molecule has 0 aliphatic carbocycles. The summed E-state index contributed by atoms with van der Waals surface area (Å²) < 4.78 is 22.3. The molecule has 1 aliphatic heterocycles. The molecule has 2 amide bonds. The Hall–Kier alpha value is -1.31. The van der Waals surface area contributed by atoms with Crippen LogP contribution in [0.3, 0.4) is 0 Å². The number of urea groups is 1. The van der Waals surface area contributed by atoms with Crippen molar-refractivity contribution in [1.29, 1.82) is 0 Å². The number of rotatable bonds is 4. The van der Waals surface area contributed by atoms with Crippen molar-refractivity contribution in [3.63, 3.8) is 0 Å². The summed E-state index contributed by atoms with van der Waals surface area (Å²) in [7, 11) is -3.19. The number of likely N-dealkylation sites (tertiary alicyclic amines) is 1. The fourth-order valence-electron chi connectivity index (χ4n) is 2.40. The van der Waals surface area contributed by atoms with Crippen LogP contribution in [0, 0.1) is 0 Å². The minimum atomic E-state index is -3.19. The van der Waals surface area contributed by atoms with E-state index < -0.39 is 33.9 Å². The highest BCUT2D eigenvalue weighted by atomic mass is 32.2. The Bertz CT molecular complexity index is 462. The van der Waals surface area contributed by atoms with Crippen LogP contribution in [0.1, 0.15) is 32.6 Å². The number of nitrogens with one attached hydrogen (secondary N) is 1. The van der Waals surface area contributed by atoms with E-state index >= 15 is 0 Å². The molecular weight excluding hydrogens is 284 g/mol. The minimum absolute atomic E-state index is 0.162. The molecule has 20 heavy (non-hydrogen) atoms. The van der Waals surface area contributed by atoms with Crippen molar-refractivity contribution in [1.82, 2.24) is 10.2 Å². The number of amides is 2. The monoisotopic (exact) mass is 306 g/mol. The van der Waals surface area contributed by atoms with Crippen molar-refractivity contribution >= 4 is 21.8 Å². The van der Waals surface area contributed by atoms with E-state index in [4.69, 9.17) is 0 Å². The van der Waals surface area contributed by atoms with Gasteiger partial charge in [0.05, 0.1) is 5.75 Å². The molecule has 1 fully saturated rings. The number of nitrogens with zero attached hydrogens (tertiary/aromatic N) is 1. The number of hydrogen-bond donors (Lipinski definition) is 2. The first-order valence-electron chi connectivity index (χ1n) is 6.68. The maximum atomic E-state index is 12.1. The van der Waals surface area contributed by atoms with Gasteiger partial charge in [-0.3, -0.25) is 0 Å². The van der Waals surface area contributed by atoms with E-state index in [2.05, 4.69) is 5.32 Å². The van der Waals surface area contributed by atoms with Crippen molar-refractivity contribution in [2.75, 3.05) is 18.6 Å². The quantitative estimate of drug-likeness (QED) is 0.785. The van der Waals surface area contributed by atoms with E-state index in [0.29, 0.717) is 13.0 Å². The average Bonchev–Trinajstić information content (AvgIpc) is 2.50. The lowest BCUT2D eigenvalue weighted by atomic mass is 10.1. The van der Waals surface area contributed by atoms with Crippen molar-refractivity contribution in [2.24, 2.45) is 0 Å². The zero-order valence-electron chi connectivity index (χ0n) is 11.8. The molecular formula is C12H22N2O5S. The Labute approximate surface area is 119 Å². The van der Waals surface area contributed by atoms with Crippen LogP contribution in [0.4, 0.5) is 4.79 Å². The van der Waals surface area contributed by atoms with E-state index in [-0.39, 0.29) is 5.75 Å². The standard InChI is InChI=1S/C12H22N2O5S/c1-9(8-20(2,18)19)13-12(17)14-7-5-3-4-6-10(14)11(15)16/h9-10H,3-8H2,1-2H3,(H,13,17)(H,15,16). The van der Waals surface area contributed by atoms with Crippen LogP contribution in [-0.2, 0) is 14.6 Å². The third-order valence-corrected chi connectivity index (χ3v) is 4.33. The van der Waals surface area contributed by atoms with E-state index in [0.717, 1.165) is 25.5 Å². The van der Waals surface area contributed by atoms with Gasteiger partial charge in [0.15, 0.2) is 0 Å². The maximum absolute atomic E-state index is 12.1. The lowest BCUT2D eigenvalue weighted by molar-refractivity contribution is -0.142. The fourth-order valence-corrected chi connectivity index (χ4v) is 3.39. The van der Waals surface area contributed by atoms with Gasteiger partial charge in [-0.05, 0) is 19.8 Å². The minimum Gasteiger partial charge on any atom is -0.480 e. The van der Waals surface area contributed by atoms with Gasteiger partial charge in [-0.1, -0.05) is 12.8 Å². The summed E-state index contributed by atoms with van der Waals surface area (Å²) in [5.74, 6) is -1.18. The highest BCUT2D eigenvalue weighted by molar-refractivity contribution is 7.90. The lowest BCUT2D eigenvalue weighted by Crippen LogP contribution is -2.52. The van der Waals surface area contributed by atoms with Gasteiger partial charge in [0.1, 0.15) is 15.9 Å². The Morgan fingerprint density at radius 2 is 2.00 bits per heavy atom. The predicted molar refractivity (Wildman–Crippen MR) is 74.3 cm³/mol. The Balaban J connectivity index is 2.69. The van der Waals surface area contributed by atoms with Gasteiger partial charge in [0.25, 0.3) is 0 Å². The molecule has 0 aromatic carbocycles. The van der Waals surface area contributed by atoms with Gasteiger partial charge in [-0.15, -0.1) is 0 Å². The summed E-state index contributed by atoms with van der Waals surface area (Å²) in [4.78, 5) is 24.6. The zero-order chi connectivity index (χ0) is 15.3. The molecule has 0 aromatic heterocycles. The molecule has 0 spiro atoms. The first-order chi connectivity index (χ1) is 9.20. The second kappa shape index (κ2) is 6.92. The average molecular weight is 306 g/mol. The molecule has 0 radical (unpaired) electrons. The van der Waals surface area contributed by atoms with E-state index in [1.807, 2.05) is 0 Å². The summed E-state index contributed by atoms with van der Waals surface area (Å²) in [6.07, 6.45) is 3.97. The van der Waals surface area contributed by atoms with Crippen molar-refractivity contribution in [3.8, 4) is 0 Å². The molecule has 0 bridgehead atoms. The SMILES string of the molecule is CC(CS(C)(=O)=O)NC(=O)N1CCCCCC1C(=O)O. The summed E-state index contributed by atoms with van der Waals surface area (Å²) in [6.45, 7) is 1.97. The van der Waals surface area contributed by atoms with Crippen molar-refractivity contribution in [3.05, 3.63) is 0 Å².